The highest BCUT2D eigenvalue weighted by atomic mass is 19.4. The van der Waals surface area contributed by atoms with Crippen LogP contribution >= 0.6 is 0 Å². The minimum absolute atomic E-state index is 0.162. The van der Waals surface area contributed by atoms with Crippen LogP contribution in [0, 0.1) is 5.39 Å². The van der Waals surface area contributed by atoms with Gasteiger partial charge in [0.25, 0.3) is 0 Å². The molecule has 0 fully saturated rings. The summed E-state index contributed by atoms with van der Waals surface area (Å²) in [4.78, 5) is 2.86. The molecule has 0 bridgehead atoms. The SMILES string of the molecule is N#[N+]C1(OC(F)(F)F)CC=CC=C1c1ccccc1. The van der Waals surface area contributed by atoms with Gasteiger partial charge in [-0.15, -0.1) is 13.2 Å². The number of allylic oxidation sites excluding steroid dienone is 2. The van der Waals surface area contributed by atoms with Gasteiger partial charge in [0.2, 0.25) is 5.39 Å². The van der Waals surface area contributed by atoms with E-state index in [0.717, 1.165) is 0 Å². The molecule has 0 saturated carbocycles. The molecule has 1 aromatic carbocycles. The molecule has 19 heavy (non-hydrogen) atoms. The van der Waals surface area contributed by atoms with Crippen molar-refractivity contribution in [2.75, 3.05) is 0 Å². The van der Waals surface area contributed by atoms with Crippen molar-refractivity contribution in [2.45, 2.75) is 18.5 Å². The van der Waals surface area contributed by atoms with Gasteiger partial charge in [-0.2, -0.15) is 0 Å². The zero-order valence-corrected chi connectivity index (χ0v) is 9.76. The number of rotatable bonds is 2. The second-order valence-electron chi connectivity index (χ2n) is 4.01. The maximum atomic E-state index is 12.5. The maximum Gasteiger partial charge on any atom is 0.529 e. The third-order valence-electron chi connectivity index (χ3n) is 2.75. The van der Waals surface area contributed by atoms with Gasteiger partial charge in [-0.25, -0.2) is 4.74 Å². The summed E-state index contributed by atoms with van der Waals surface area (Å²) in [6.45, 7) is 0. The van der Waals surface area contributed by atoms with Crippen LogP contribution in [0.1, 0.15) is 12.0 Å². The number of benzene rings is 1. The number of diazo groups is 1. The molecule has 1 aromatic rings. The smallest absolute Gasteiger partial charge is 0.202 e. The van der Waals surface area contributed by atoms with Crippen LogP contribution in [0.3, 0.4) is 0 Å². The number of hydrogen-bond donors (Lipinski definition) is 0. The monoisotopic (exact) mass is 267 g/mol. The summed E-state index contributed by atoms with van der Waals surface area (Å²) in [5.74, 6) is 0. The first-order chi connectivity index (χ1) is 8.97. The summed E-state index contributed by atoms with van der Waals surface area (Å²) < 4.78 is 41.6. The van der Waals surface area contributed by atoms with Crippen LogP contribution in [0.4, 0.5) is 13.2 Å². The average Bonchev–Trinajstić information content (AvgIpc) is 2.38. The van der Waals surface area contributed by atoms with E-state index in [1.54, 1.807) is 36.4 Å². The minimum atomic E-state index is -4.90. The second kappa shape index (κ2) is 4.86. The molecule has 0 heterocycles. The minimum Gasteiger partial charge on any atom is -0.202 e. The van der Waals surface area contributed by atoms with Crippen molar-refractivity contribution >= 4 is 5.57 Å². The normalized spacial score (nSPS) is 22.7. The molecule has 6 heteroatoms. The number of hydrogen-bond acceptors (Lipinski definition) is 2. The number of alkyl halides is 3. The summed E-state index contributed by atoms with van der Waals surface area (Å²) in [7, 11) is 0. The zero-order chi connectivity index (χ0) is 13.9. The molecule has 0 N–H and O–H groups in total. The lowest BCUT2D eigenvalue weighted by atomic mass is 9.89. The topological polar surface area (TPSA) is 37.4 Å². The molecule has 1 aliphatic rings. The van der Waals surface area contributed by atoms with E-state index in [1.165, 1.54) is 12.2 Å². The van der Waals surface area contributed by atoms with Crippen LogP contribution in [0.2, 0.25) is 0 Å². The van der Waals surface area contributed by atoms with Crippen LogP contribution in [-0.4, -0.2) is 12.1 Å². The van der Waals surface area contributed by atoms with Gasteiger partial charge < -0.3 is 0 Å². The molecule has 0 aliphatic heterocycles. The average molecular weight is 267 g/mol. The molecule has 98 valence electrons. The molecule has 1 atom stereocenters. The van der Waals surface area contributed by atoms with Gasteiger partial charge in [0.05, 0.1) is 12.0 Å². The van der Waals surface area contributed by atoms with Crippen LogP contribution in [-0.2, 0) is 4.74 Å². The van der Waals surface area contributed by atoms with Crippen LogP contribution in [0.25, 0.3) is 10.5 Å². The second-order valence-corrected chi connectivity index (χ2v) is 4.01. The molecule has 0 spiro atoms. The summed E-state index contributed by atoms with van der Waals surface area (Å²) in [5.41, 5.74) is -1.47. The maximum absolute atomic E-state index is 12.5. The number of ether oxygens (including phenoxy) is 1. The van der Waals surface area contributed by atoms with Crippen LogP contribution in [0.15, 0.2) is 48.6 Å². The standard InChI is InChI=1S/C13H10F3N2O/c14-13(15,16)19-12(18-17)9-5-4-8-11(12)10-6-2-1-3-7-10/h1-8H,9H2/q+1. The van der Waals surface area contributed by atoms with Crippen molar-refractivity contribution in [3.05, 3.63) is 59.1 Å². The van der Waals surface area contributed by atoms with E-state index < -0.39 is 12.1 Å². The number of nitrogens with zero attached hydrogens (tertiary/aromatic N) is 2. The highest BCUT2D eigenvalue weighted by molar-refractivity contribution is 5.76. The highest BCUT2D eigenvalue weighted by Crippen LogP contribution is 2.41. The summed E-state index contributed by atoms with van der Waals surface area (Å²) in [6.07, 6.45) is -0.581. The van der Waals surface area contributed by atoms with E-state index in [-0.39, 0.29) is 12.0 Å². The Hall–Kier alpha value is -2.13. The molecule has 0 amide bonds. The predicted octanol–water partition coefficient (Wildman–Crippen LogP) is 4.12. The number of halogens is 3. The van der Waals surface area contributed by atoms with Crippen molar-refractivity contribution in [1.82, 2.24) is 0 Å². The third-order valence-corrected chi connectivity index (χ3v) is 2.75. The Labute approximate surface area is 107 Å². The molecule has 0 saturated heterocycles. The van der Waals surface area contributed by atoms with Gasteiger partial charge in [0.15, 0.2) is 4.98 Å². The van der Waals surface area contributed by atoms with E-state index in [2.05, 4.69) is 9.71 Å². The van der Waals surface area contributed by atoms with Crippen molar-refractivity contribution in [3.63, 3.8) is 0 Å². The predicted molar refractivity (Wildman–Crippen MR) is 63.1 cm³/mol. The van der Waals surface area contributed by atoms with E-state index in [0.29, 0.717) is 5.56 Å². The van der Waals surface area contributed by atoms with Crippen LogP contribution in [0.5, 0.6) is 0 Å². The molecule has 3 nitrogen and oxygen atoms in total. The first-order valence-corrected chi connectivity index (χ1v) is 5.53. The quantitative estimate of drug-likeness (QED) is 0.756. The van der Waals surface area contributed by atoms with Gasteiger partial charge in [0.1, 0.15) is 0 Å². The van der Waals surface area contributed by atoms with Crippen LogP contribution < -0.4 is 0 Å². The van der Waals surface area contributed by atoms with Gasteiger partial charge >= 0.3 is 12.1 Å². The fourth-order valence-corrected chi connectivity index (χ4v) is 1.97. The Bertz CT molecular complexity index is 557. The Kier molecular flexibility index (Phi) is 3.40. The Morgan fingerprint density at radius 1 is 1.21 bits per heavy atom. The van der Waals surface area contributed by atoms with E-state index in [1.807, 2.05) is 0 Å². The zero-order valence-electron chi connectivity index (χ0n) is 9.76. The molecule has 1 unspecified atom stereocenters. The van der Waals surface area contributed by atoms with Gasteiger partial charge in [0, 0.05) is 0 Å². The summed E-state index contributed by atoms with van der Waals surface area (Å²) in [5, 5.41) is 9.06. The lowest BCUT2D eigenvalue weighted by Crippen LogP contribution is -2.37. The van der Waals surface area contributed by atoms with Crippen molar-refractivity contribution in [1.29, 1.82) is 5.39 Å². The fourth-order valence-electron chi connectivity index (χ4n) is 1.97. The highest BCUT2D eigenvalue weighted by Gasteiger charge is 2.58. The van der Waals surface area contributed by atoms with Crippen molar-refractivity contribution in [2.24, 2.45) is 0 Å². The van der Waals surface area contributed by atoms with Crippen molar-refractivity contribution < 1.29 is 17.9 Å². The summed E-state index contributed by atoms with van der Waals surface area (Å²) in [6, 6.07) is 8.37. The van der Waals surface area contributed by atoms with Gasteiger partial charge in [-0.3, -0.25) is 0 Å². The first kappa shape index (κ1) is 13.3. The largest absolute Gasteiger partial charge is 0.529 e. The Balaban J connectivity index is 2.47. The molecule has 0 aromatic heterocycles. The molecule has 2 rings (SSSR count). The Morgan fingerprint density at radius 2 is 1.89 bits per heavy atom. The first-order valence-electron chi connectivity index (χ1n) is 5.53. The van der Waals surface area contributed by atoms with E-state index in [4.69, 9.17) is 5.39 Å². The van der Waals surface area contributed by atoms with Crippen molar-refractivity contribution in [3.8, 4) is 0 Å². The molecular formula is C13H10F3N2O+. The van der Waals surface area contributed by atoms with Gasteiger partial charge in [-0.05, 0) is 11.6 Å². The lowest BCUT2D eigenvalue weighted by molar-refractivity contribution is -0.349. The molecule has 0 radical (unpaired) electrons. The molecule has 1 aliphatic carbocycles. The molecular weight excluding hydrogens is 257 g/mol. The third kappa shape index (κ3) is 2.83. The lowest BCUT2D eigenvalue weighted by Gasteiger charge is -2.21. The van der Waals surface area contributed by atoms with E-state index >= 15 is 0 Å². The fraction of sp³-hybridized carbons (Fsp3) is 0.231. The van der Waals surface area contributed by atoms with E-state index in [9.17, 15) is 13.2 Å². The summed E-state index contributed by atoms with van der Waals surface area (Å²) >= 11 is 0. The van der Waals surface area contributed by atoms with Gasteiger partial charge in [-0.1, -0.05) is 42.5 Å². The Morgan fingerprint density at radius 3 is 2.47 bits per heavy atom.